The van der Waals surface area contributed by atoms with Crippen LogP contribution in [0.25, 0.3) is 0 Å². The van der Waals surface area contributed by atoms with Crippen LogP contribution in [0.1, 0.15) is 18.1 Å². The summed E-state index contributed by atoms with van der Waals surface area (Å²) in [7, 11) is 0. The lowest BCUT2D eigenvalue weighted by atomic mass is 10.1. The summed E-state index contributed by atoms with van der Waals surface area (Å²) >= 11 is 5.80. The molecule has 0 fully saturated rings. The lowest BCUT2D eigenvalue weighted by Crippen LogP contribution is -2.36. The van der Waals surface area contributed by atoms with Crippen molar-refractivity contribution in [2.75, 3.05) is 11.9 Å². The molecular formula is C18H18ClN3O4. The minimum absolute atomic E-state index is 0.0894. The molecule has 0 aromatic heterocycles. The highest BCUT2D eigenvalue weighted by Crippen LogP contribution is 2.23. The number of rotatable bonds is 6. The Morgan fingerprint density at radius 1 is 1.12 bits per heavy atom. The van der Waals surface area contributed by atoms with Crippen LogP contribution in [0.2, 0.25) is 5.02 Å². The second-order valence-electron chi connectivity index (χ2n) is 5.54. The summed E-state index contributed by atoms with van der Waals surface area (Å²) in [5, 5.41) is 16.6. The number of nitro benzene ring substituents is 1. The smallest absolute Gasteiger partial charge is 0.313 e. The van der Waals surface area contributed by atoms with E-state index in [9.17, 15) is 19.7 Å². The summed E-state index contributed by atoms with van der Waals surface area (Å²) in [5.74, 6) is -1.68. The van der Waals surface area contributed by atoms with E-state index in [1.807, 2.05) is 12.1 Å². The molecule has 0 spiro atoms. The number of hydrogen-bond donors (Lipinski definition) is 2. The van der Waals surface area contributed by atoms with Crippen molar-refractivity contribution in [3.63, 3.8) is 0 Å². The van der Waals surface area contributed by atoms with Gasteiger partial charge in [-0.25, -0.2) is 0 Å². The molecule has 136 valence electrons. The van der Waals surface area contributed by atoms with E-state index < -0.39 is 16.7 Å². The van der Waals surface area contributed by atoms with Crippen molar-refractivity contribution >= 4 is 34.8 Å². The van der Waals surface area contributed by atoms with E-state index in [2.05, 4.69) is 10.6 Å². The molecule has 0 aliphatic carbocycles. The minimum Gasteiger partial charge on any atom is -0.347 e. The summed E-state index contributed by atoms with van der Waals surface area (Å²) in [4.78, 5) is 34.3. The first-order valence-corrected chi connectivity index (χ1v) is 8.39. The van der Waals surface area contributed by atoms with Gasteiger partial charge in [0.25, 0.3) is 5.69 Å². The molecule has 26 heavy (non-hydrogen) atoms. The van der Waals surface area contributed by atoms with Crippen molar-refractivity contribution in [1.29, 1.82) is 0 Å². The van der Waals surface area contributed by atoms with Crippen LogP contribution in [0.3, 0.4) is 0 Å². The highest BCUT2D eigenvalue weighted by molar-refractivity contribution is 6.39. The van der Waals surface area contributed by atoms with Gasteiger partial charge in [0.2, 0.25) is 0 Å². The summed E-state index contributed by atoms with van der Waals surface area (Å²) in [6, 6.07) is 11.5. The molecule has 2 aromatic rings. The number of anilines is 1. The number of amides is 2. The average Bonchev–Trinajstić information content (AvgIpc) is 2.63. The Balaban J connectivity index is 1.90. The van der Waals surface area contributed by atoms with Gasteiger partial charge < -0.3 is 10.6 Å². The standard InChI is InChI=1S/C18H18ClN3O4/c1-2-13-5-8-15(11-16(13)22(25)26)21-18(24)17(23)20-10-9-12-3-6-14(19)7-4-12/h3-8,11H,2,9-10H2,1H3,(H,20,23)(H,21,24). The molecule has 8 heteroatoms. The Morgan fingerprint density at radius 3 is 2.42 bits per heavy atom. The molecular weight excluding hydrogens is 358 g/mol. The van der Waals surface area contributed by atoms with Gasteiger partial charge >= 0.3 is 11.8 Å². The van der Waals surface area contributed by atoms with E-state index in [1.165, 1.54) is 12.1 Å². The molecule has 0 saturated heterocycles. The number of benzene rings is 2. The molecule has 2 aromatic carbocycles. The fraction of sp³-hybridized carbons (Fsp3) is 0.222. The van der Waals surface area contributed by atoms with Crippen molar-refractivity contribution in [3.8, 4) is 0 Å². The zero-order valence-electron chi connectivity index (χ0n) is 14.1. The quantitative estimate of drug-likeness (QED) is 0.460. The molecule has 0 unspecified atom stereocenters. The predicted octanol–water partition coefficient (Wildman–Crippen LogP) is 3.11. The van der Waals surface area contributed by atoms with Crippen LogP contribution in [0.4, 0.5) is 11.4 Å². The third-order valence-electron chi connectivity index (χ3n) is 3.74. The molecule has 2 N–H and O–H groups in total. The monoisotopic (exact) mass is 375 g/mol. The van der Waals surface area contributed by atoms with Gasteiger partial charge in [-0.15, -0.1) is 0 Å². The topological polar surface area (TPSA) is 101 Å². The normalized spacial score (nSPS) is 10.2. The van der Waals surface area contributed by atoms with E-state index in [4.69, 9.17) is 11.6 Å². The number of halogens is 1. The van der Waals surface area contributed by atoms with Gasteiger partial charge in [0, 0.05) is 28.9 Å². The summed E-state index contributed by atoms with van der Waals surface area (Å²) in [6.45, 7) is 2.08. The van der Waals surface area contributed by atoms with Crippen LogP contribution in [0.5, 0.6) is 0 Å². The number of aryl methyl sites for hydroxylation is 1. The fourth-order valence-corrected chi connectivity index (χ4v) is 2.48. The lowest BCUT2D eigenvalue weighted by molar-refractivity contribution is -0.385. The first-order valence-electron chi connectivity index (χ1n) is 8.01. The molecule has 0 heterocycles. The summed E-state index contributed by atoms with van der Waals surface area (Å²) in [6.07, 6.45) is 1.04. The largest absolute Gasteiger partial charge is 0.347 e. The van der Waals surface area contributed by atoms with Crippen molar-refractivity contribution < 1.29 is 14.5 Å². The van der Waals surface area contributed by atoms with Crippen LogP contribution in [0, 0.1) is 10.1 Å². The Morgan fingerprint density at radius 2 is 1.81 bits per heavy atom. The van der Waals surface area contributed by atoms with Crippen molar-refractivity contribution in [1.82, 2.24) is 5.32 Å². The van der Waals surface area contributed by atoms with E-state index in [-0.39, 0.29) is 17.9 Å². The molecule has 0 saturated carbocycles. The van der Waals surface area contributed by atoms with Crippen LogP contribution < -0.4 is 10.6 Å². The fourth-order valence-electron chi connectivity index (χ4n) is 2.35. The Hall–Kier alpha value is -2.93. The van der Waals surface area contributed by atoms with Gasteiger partial charge in [-0.2, -0.15) is 0 Å². The van der Waals surface area contributed by atoms with E-state index in [1.54, 1.807) is 25.1 Å². The first kappa shape index (κ1) is 19.4. The maximum atomic E-state index is 11.9. The molecule has 7 nitrogen and oxygen atoms in total. The zero-order valence-corrected chi connectivity index (χ0v) is 14.9. The van der Waals surface area contributed by atoms with Crippen molar-refractivity contribution in [2.45, 2.75) is 19.8 Å². The molecule has 0 atom stereocenters. The molecule has 2 amide bonds. The maximum absolute atomic E-state index is 11.9. The number of nitrogens with one attached hydrogen (secondary N) is 2. The number of nitrogens with zero attached hydrogens (tertiary/aromatic N) is 1. The second-order valence-corrected chi connectivity index (χ2v) is 5.98. The van der Waals surface area contributed by atoms with Gasteiger partial charge in [0.05, 0.1) is 4.92 Å². The third-order valence-corrected chi connectivity index (χ3v) is 3.99. The molecule has 0 radical (unpaired) electrons. The second kappa shape index (κ2) is 8.96. The Labute approximate surface area is 155 Å². The Kier molecular flexibility index (Phi) is 6.68. The number of carbonyl (C=O) groups excluding carboxylic acids is 2. The van der Waals surface area contributed by atoms with Crippen LogP contribution >= 0.6 is 11.6 Å². The SMILES string of the molecule is CCc1ccc(NC(=O)C(=O)NCCc2ccc(Cl)cc2)cc1[N+](=O)[O-]. The first-order chi connectivity index (χ1) is 12.4. The highest BCUT2D eigenvalue weighted by atomic mass is 35.5. The zero-order chi connectivity index (χ0) is 19.1. The number of hydrogen-bond acceptors (Lipinski definition) is 4. The van der Waals surface area contributed by atoms with Gasteiger partial charge in [-0.3, -0.25) is 19.7 Å². The summed E-state index contributed by atoms with van der Waals surface area (Å²) in [5.41, 5.74) is 1.64. The van der Waals surface area contributed by atoms with E-state index >= 15 is 0 Å². The molecule has 0 aliphatic rings. The number of carbonyl (C=O) groups is 2. The van der Waals surface area contributed by atoms with E-state index in [0.29, 0.717) is 23.4 Å². The van der Waals surface area contributed by atoms with Crippen LogP contribution in [-0.4, -0.2) is 23.3 Å². The minimum atomic E-state index is -0.875. The molecule has 2 rings (SSSR count). The highest BCUT2D eigenvalue weighted by Gasteiger charge is 2.17. The summed E-state index contributed by atoms with van der Waals surface area (Å²) < 4.78 is 0. The maximum Gasteiger partial charge on any atom is 0.313 e. The van der Waals surface area contributed by atoms with Crippen molar-refractivity contribution in [3.05, 3.63) is 68.7 Å². The van der Waals surface area contributed by atoms with Gasteiger partial charge in [-0.05, 0) is 36.6 Å². The van der Waals surface area contributed by atoms with Gasteiger partial charge in [0.15, 0.2) is 0 Å². The van der Waals surface area contributed by atoms with Crippen LogP contribution in [0.15, 0.2) is 42.5 Å². The number of nitro groups is 1. The lowest BCUT2D eigenvalue weighted by Gasteiger charge is -2.08. The average molecular weight is 376 g/mol. The Bertz CT molecular complexity index is 822. The van der Waals surface area contributed by atoms with Gasteiger partial charge in [0.1, 0.15) is 0 Å². The molecule has 0 bridgehead atoms. The van der Waals surface area contributed by atoms with Crippen LogP contribution in [-0.2, 0) is 22.4 Å². The molecule has 0 aliphatic heterocycles. The predicted molar refractivity (Wildman–Crippen MR) is 99.3 cm³/mol. The third kappa shape index (κ3) is 5.29. The van der Waals surface area contributed by atoms with Gasteiger partial charge in [-0.1, -0.05) is 36.7 Å². The van der Waals surface area contributed by atoms with Crippen molar-refractivity contribution in [2.24, 2.45) is 0 Å². The van der Waals surface area contributed by atoms with E-state index in [0.717, 1.165) is 5.56 Å².